The number of halogens is 1. The fourth-order valence-corrected chi connectivity index (χ4v) is 4.60. The van der Waals surface area contributed by atoms with E-state index in [9.17, 15) is 10.4 Å². The molecule has 1 aromatic carbocycles. The summed E-state index contributed by atoms with van der Waals surface area (Å²) in [5.74, 6) is 1.75. The number of ether oxygens (including phenoxy) is 1. The fraction of sp³-hybridized carbons (Fsp3) is 0.458. The molecule has 0 saturated carbocycles. The number of nitrogen functional groups attached to an aromatic ring is 1. The minimum atomic E-state index is -0.205. The van der Waals surface area contributed by atoms with Crippen LogP contribution in [0.1, 0.15) is 55.0 Å². The van der Waals surface area contributed by atoms with Gasteiger partial charge in [-0.1, -0.05) is 18.2 Å². The molecule has 0 radical (unpaired) electrons. The number of aromatic nitrogens is 2. The first-order valence-corrected chi connectivity index (χ1v) is 11.2. The van der Waals surface area contributed by atoms with Crippen molar-refractivity contribution in [2.45, 2.75) is 38.8 Å². The Morgan fingerprint density at radius 1 is 1.45 bits per heavy atom. The lowest BCUT2D eigenvalue weighted by atomic mass is 9.84. The Balaban J connectivity index is 2.07. The number of allylic oxidation sites excluding steroid dienone is 1. The Morgan fingerprint density at radius 3 is 2.67 bits per heavy atom. The van der Waals surface area contributed by atoms with Crippen LogP contribution in [-0.2, 0) is 0 Å². The summed E-state index contributed by atoms with van der Waals surface area (Å²) in [5, 5.41) is 19.7. The fourth-order valence-electron chi connectivity index (χ4n) is 4.34. The lowest BCUT2D eigenvalue weighted by molar-refractivity contribution is 0.0620. The SMILES string of the molecule is C=C(C)c1c(N)ncnc1N(C)C(C)c1cc(Cl)c(C#N)c(C2CN(C(C)CO)C2)c1OC. The van der Waals surface area contributed by atoms with E-state index in [-0.39, 0.29) is 24.6 Å². The number of nitrogens with zero attached hydrogens (tertiary/aromatic N) is 5. The largest absolute Gasteiger partial charge is 0.496 e. The number of rotatable bonds is 8. The molecular formula is C24H31ClN6O2. The van der Waals surface area contributed by atoms with Gasteiger partial charge in [-0.3, -0.25) is 4.90 Å². The van der Waals surface area contributed by atoms with Crippen molar-refractivity contribution in [3.8, 4) is 11.8 Å². The molecule has 3 N–H and O–H groups in total. The Labute approximate surface area is 200 Å². The molecule has 8 nitrogen and oxygen atoms in total. The van der Waals surface area contributed by atoms with Gasteiger partial charge in [-0.05, 0) is 32.4 Å². The predicted octanol–water partition coefficient (Wildman–Crippen LogP) is 3.60. The zero-order valence-corrected chi connectivity index (χ0v) is 20.5. The molecule has 3 rings (SSSR count). The number of nitriles is 1. The summed E-state index contributed by atoms with van der Waals surface area (Å²) in [6.45, 7) is 11.4. The van der Waals surface area contributed by atoms with Gasteiger partial charge in [0.25, 0.3) is 0 Å². The third-order valence-electron chi connectivity index (χ3n) is 6.47. The predicted molar refractivity (Wildman–Crippen MR) is 132 cm³/mol. The number of likely N-dealkylation sites (tertiary alicyclic amines) is 1. The Hall–Kier alpha value is -2.86. The second-order valence-corrected chi connectivity index (χ2v) is 9.00. The third-order valence-corrected chi connectivity index (χ3v) is 6.77. The Morgan fingerprint density at radius 2 is 2.12 bits per heavy atom. The van der Waals surface area contributed by atoms with Gasteiger partial charge in [0.15, 0.2) is 0 Å². The third kappa shape index (κ3) is 4.49. The molecule has 1 aliphatic rings. The monoisotopic (exact) mass is 470 g/mol. The van der Waals surface area contributed by atoms with Crippen molar-refractivity contribution < 1.29 is 9.84 Å². The first-order valence-electron chi connectivity index (χ1n) is 10.8. The van der Waals surface area contributed by atoms with Crippen molar-refractivity contribution in [3.63, 3.8) is 0 Å². The number of aliphatic hydroxyl groups excluding tert-OH is 1. The van der Waals surface area contributed by atoms with E-state index in [1.54, 1.807) is 13.2 Å². The van der Waals surface area contributed by atoms with E-state index in [2.05, 4.69) is 27.5 Å². The number of aliphatic hydroxyl groups is 1. The molecule has 0 spiro atoms. The number of nitrogens with two attached hydrogens (primary N) is 1. The highest BCUT2D eigenvalue weighted by molar-refractivity contribution is 6.32. The van der Waals surface area contributed by atoms with Crippen LogP contribution in [0.2, 0.25) is 5.02 Å². The van der Waals surface area contributed by atoms with Crippen LogP contribution in [0.5, 0.6) is 5.75 Å². The molecule has 9 heteroatoms. The minimum absolute atomic E-state index is 0.0604. The van der Waals surface area contributed by atoms with Crippen LogP contribution in [0.4, 0.5) is 11.6 Å². The van der Waals surface area contributed by atoms with Crippen molar-refractivity contribution >= 4 is 28.8 Å². The molecule has 2 heterocycles. The molecular weight excluding hydrogens is 440 g/mol. The van der Waals surface area contributed by atoms with Crippen LogP contribution in [-0.4, -0.2) is 59.9 Å². The Bertz CT molecular complexity index is 1090. The van der Waals surface area contributed by atoms with Crippen LogP contribution in [0.25, 0.3) is 5.57 Å². The van der Waals surface area contributed by atoms with Crippen LogP contribution < -0.4 is 15.4 Å². The summed E-state index contributed by atoms with van der Waals surface area (Å²) in [5.41, 5.74) is 9.66. The van der Waals surface area contributed by atoms with Crippen molar-refractivity contribution in [1.82, 2.24) is 14.9 Å². The molecule has 0 amide bonds. The molecule has 1 saturated heterocycles. The first-order chi connectivity index (χ1) is 15.7. The molecule has 176 valence electrons. The summed E-state index contributed by atoms with van der Waals surface area (Å²) >= 11 is 6.61. The number of hydrogen-bond acceptors (Lipinski definition) is 8. The second-order valence-electron chi connectivity index (χ2n) is 8.59. The number of anilines is 2. The van der Waals surface area contributed by atoms with Gasteiger partial charge in [-0.15, -0.1) is 0 Å². The minimum Gasteiger partial charge on any atom is -0.496 e. The molecule has 0 aliphatic carbocycles. The Kier molecular flexibility index (Phi) is 7.48. The maximum atomic E-state index is 9.86. The van der Waals surface area contributed by atoms with Crippen molar-refractivity contribution in [3.05, 3.63) is 46.2 Å². The molecule has 2 aromatic rings. The van der Waals surface area contributed by atoms with E-state index >= 15 is 0 Å². The lowest BCUT2D eigenvalue weighted by Crippen LogP contribution is -2.51. The number of hydrogen-bond donors (Lipinski definition) is 2. The van der Waals surface area contributed by atoms with Gasteiger partial charge in [0, 0.05) is 43.2 Å². The van der Waals surface area contributed by atoms with Crippen molar-refractivity contribution in [1.29, 1.82) is 5.26 Å². The lowest BCUT2D eigenvalue weighted by Gasteiger charge is -2.44. The van der Waals surface area contributed by atoms with E-state index in [0.717, 1.165) is 29.8 Å². The summed E-state index contributed by atoms with van der Waals surface area (Å²) in [7, 11) is 3.52. The molecule has 1 fully saturated rings. The topological polar surface area (TPSA) is 112 Å². The maximum absolute atomic E-state index is 9.86. The molecule has 33 heavy (non-hydrogen) atoms. The molecule has 0 bridgehead atoms. The van der Waals surface area contributed by atoms with E-state index in [0.29, 0.717) is 33.5 Å². The quantitative estimate of drug-likeness (QED) is 0.601. The van der Waals surface area contributed by atoms with Crippen LogP contribution >= 0.6 is 11.6 Å². The smallest absolute Gasteiger partial charge is 0.141 e. The summed E-state index contributed by atoms with van der Waals surface area (Å²) in [6.07, 6.45) is 1.43. The molecule has 1 aliphatic heterocycles. The number of benzene rings is 1. The van der Waals surface area contributed by atoms with Gasteiger partial charge in [-0.25, -0.2) is 9.97 Å². The van der Waals surface area contributed by atoms with E-state index < -0.39 is 0 Å². The summed E-state index contributed by atoms with van der Waals surface area (Å²) in [6, 6.07) is 3.91. The van der Waals surface area contributed by atoms with Gasteiger partial charge in [-0.2, -0.15) is 5.26 Å². The van der Waals surface area contributed by atoms with Gasteiger partial charge < -0.3 is 20.5 Å². The molecule has 2 unspecified atom stereocenters. The van der Waals surface area contributed by atoms with Crippen LogP contribution in [0, 0.1) is 11.3 Å². The van der Waals surface area contributed by atoms with E-state index in [1.165, 1.54) is 6.33 Å². The number of methoxy groups -OCH3 is 1. The standard InChI is InChI=1S/C24H31ClN6O2/c1-13(2)20-23(27)28-12-29-24(20)30(5)15(4)17-7-19(25)18(8-26)21(22(17)33-6)16-9-31(10-16)14(3)11-32/h7,12,14-16,32H,1,9-11H2,2-6H3,(H2,27,28,29). The van der Waals surface area contributed by atoms with Gasteiger partial charge >= 0.3 is 0 Å². The van der Waals surface area contributed by atoms with Crippen molar-refractivity contribution in [2.75, 3.05) is 44.5 Å². The average molecular weight is 471 g/mol. The first kappa shape index (κ1) is 24.8. The highest BCUT2D eigenvalue weighted by Crippen LogP contribution is 2.45. The zero-order chi connectivity index (χ0) is 24.4. The molecule has 2 atom stereocenters. The van der Waals surface area contributed by atoms with Gasteiger partial charge in [0.2, 0.25) is 0 Å². The maximum Gasteiger partial charge on any atom is 0.141 e. The second kappa shape index (κ2) is 9.96. The summed E-state index contributed by atoms with van der Waals surface area (Å²) in [4.78, 5) is 12.7. The summed E-state index contributed by atoms with van der Waals surface area (Å²) < 4.78 is 5.88. The highest BCUT2D eigenvalue weighted by atomic mass is 35.5. The zero-order valence-electron chi connectivity index (χ0n) is 19.8. The van der Waals surface area contributed by atoms with Gasteiger partial charge in [0.05, 0.1) is 35.9 Å². The van der Waals surface area contributed by atoms with Gasteiger partial charge in [0.1, 0.15) is 29.8 Å². The van der Waals surface area contributed by atoms with Crippen LogP contribution in [0.15, 0.2) is 19.0 Å². The van der Waals surface area contributed by atoms with Crippen LogP contribution in [0.3, 0.4) is 0 Å². The van der Waals surface area contributed by atoms with E-state index in [4.69, 9.17) is 22.1 Å². The van der Waals surface area contributed by atoms with E-state index in [1.807, 2.05) is 32.7 Å². The molecule has 1 aromatic heterocycles. The van der Waals surface area contributed by atoms with Crippen molar-refractivity contribution in [2.24, 2.45) is 0 Å². The normalized spacial score (nSPS) is 15.9. The highest BCUT2D eigenvalue weighted by Gasteiger charge is 2.37. The average Bonchev–Trinajstić information content (AvgIpc) is 2.76.